The second kappa shape index (κ2) is 5.97. The molecule has 0 aliphatic heterocycles. The van der Waals surface area contributed by atoms with Crippen LogP contribution < -0.4 is 0 Å². The number of hydrogen-bond acceptors (Lipinski definition) is 1. The van der Waals surface area contributed by atoms with Gasteiger partial charge in [0.15, 0.2) is 0 Å². The zero-order valence-electron chi connectivity index (χ0n) is 13.2. The van der Waals surface area contributed by atoms with Crippen molar-refractivity contribution in [2.75, 3.05) is 0 Å². The van der Waals surface area contributed by atoms with Crippen molar-refractivity contribution in [3.63, 3.8) is 0 Å². The third-order valence-electron chi connectivity index (χ3n) is 4.99. The van der Waals surface area contributed by atoms with E-state index in [2.05, 4.69) is 12.1 Å². The van der Waals surface area contributed by atoms with E-state index in [0.717, 1.165) is 22.3 Å². The monoisotopic (exact) mass is 314 g/mol. The lowest BCUT2D eigenvalue weighted by Crippen LogP contribution is -2.23. The Morgan fingerprint density at radius 1 is 0.625 bits per heavy atom. The molecule has 1 aliphatic rings. The Morgan fingerprint density at radius 2 is 1.00 bits per heavy atom. The van der Waals surface area contributed by atoms with E-state index >= 15 is 0 Å². The average Bonchev–Trinajstić information content (AvgIpc) is 2.98. The summed E-state index contributed by atoms with van der Waals surface area (Å²) in [6.45, 7) is 0. The Balaban J connectivity index is 1.94. The molecule has 0 amide bonds. The number of benzene rings is 3. The van der Waals surface area contributed by atoms with E-state index in [-0.39, 0.29) is 11.8 Å². The van der Waals surface area contributed by atoms with Crippen molar-refractivity contribution in [1.29, 1.82) is 0 Å². The maximum atomic E-state index is 12.2. The van der Waals surface area contributed by atoms with Crippen LogP contribution in [0.5, 0.6) is 0 Å². The molecule has 118 valence electrons. The van der Waals surface area contributed by atoms with Gasteiger partial charge < -0.3 is 5.11 Å². The van der Waals surface area contributed by atoms with E-state index in [9.17, 15) is 9.90 Å². The molecule has 0 saturated heterocycles. The summed E-state index contributed by atoms with van der Waals surface area (Å²) >= 11 is 0. The van der Waals surface area contributed by atoms with Crippen LogP contribution in [-0.2, 0) is 4.79 Å². The molecule has 0 bridgehead atoms. The molecule has 2 heteroatoms. The third kappa shape index (κ3) is 2.31. The zero-order chi connectivity index (χ0) is 16.5. The van der Waals surface area contributed by atoms with E-state index in [1.165, 1.54) is 0 Å². The summed E-state index contributed by atoms with van der Waals surface area (Å²) in [4.78, 5) is 12.2. The van der Waals surface area contributed by atoms with Crippen LogP contribution in [0.1, 0.15) is 34.1 Å². The quantitative estimate of drug-likeness (QED) is 0.763. The molecule has 1 unspecified atom stereocenters. The molecule has 3 aromatic rings. The van der Waals surface area contributed by atoms with Gasteiger partial charge in [-0.15, -0.1) is 0 Å². The van der Waals surface area contributed by atoms with Crippen LogP contribution in [0.2, 0.25) is 0 Å². The first-order valence-electron chi connectivity index (χ1n) is 8.19. The first kappa shape index (κ1) is 14.7. The zero-order valence-corrected chi connectivity index (χ0v) is 13.2. The number of hydrogen-bond donors (Lipinski definition) is 1. The average molecular weight is 314 g/mol. The lowest BCUT2D eigenvalue weighted by Gasteiger charge is -2.22. The Morgan fingerprint density at radius 3 is 1.38 bits per heavy atom. The fraction of sp³-hybridized carbons (Fsp3) is 0.136. The van der Waals surface area contributed by atoms with E-state index in [1.54, 1.807) is 0 Å². The van der Waals surface area contributed by atoms with Gasteiger partial charge >= 0.3 is 5.97 Å². The highest BCUT2D eigenvalue weighted by molar-refractivity contribution is 5.77. The Labute approximate surface area is 141 Å². The number of carboxylic acid groups (broad SMARTS) is 1. The number of fused-ring (bicyclic) bond motifs is 1. The molecule has 3 atom stereocenters. The molecule has 24 heavy (non-hydrogen) atoms. The highest BCUT2D eigenvalue weighted by Gasteiger charge is 2.46. The van der Waals surface area contributed by atoms with Crippen LogP contribution in [0.25, 0.3) is 0 Å². The first-order chi connectivity index (χ1) is 11.8. The van der Waals surface area contributed by atoms with Gasteiger partial charge in [0.25, 0.3) is 0 Å². The molecular formula is C22H18O2. The van der Waals surface area contributed by atoms with Crippen molar-refractivity contribution in [2.24, 2.45) is 5.92 Å². The van der Waals surface area contributed by atoms with Crippen LogP contribution in [-0.4, -0.2) is 11.1 Å². The molecule has 0 radical (unpaired) electrons. The summed E-state index contributed by atoms with van der Waals surface area (Å²) in [5.41, 5.74) is 4.39. The molecule has 2 nitrogen and oxygen atoms in total. The number of rotatable bonds is 3. The number of aliphatic carboxylic acids is 1. The van der Waals surface area contributed by atoms with Crippen molar-refractivity contribution >= 4 is 5.97 Å². The van der Waals surface area contributed by atoms with E-state index < -0.39 is 11.9 Å². The van der Waals surface area contributed by atoms with Crippen LogP contribution in [0.15, 0.2) is 84.9 Å². The van der Waals surface area contributed by atoms with Gasteiger partial charge in [-0.3, -0.25) is 4.79 Å². The molecule has 3 aromatic carbocycles. The van der Waals surface area contributed by atoms with Gasteiger partial charge in [-0.1, -0.05) is 84.9 Å². The van der Waals surface area contributed by atoms with Gasteiger partial charge in [0, 0.05) is 11.8 Å². The van der Waals surface area contributed by atoms with Crippen molar-refractivity contribution in [3.05, 3.63) is 107 Å². The topological polar surface area (TPSA) is 37.3 Å². The predicted octanol–water partition coefficient (Wildman–Crippen LogP) is 4.66. The van der Waals surface area contributed by atoms with E-state index in [4.69, 9.17) is 0 Å². The van der Waals surface area contributed by atoms with Gasteiger partial charge in [-0.05, 0) is 22.3 Å². The smallest absolute Gasteiger partial charge is 0.308 e. The standard InChI is InChI=1S/C22H18O2/c23-22(24)21-19(15-9-3-1-4-10-15)17-13-7-8-14-18(17)20(21)16-11-5-2-6-12-16/h1-14,19-21H,(H,23,24)/t19-,20+,21?. The van der Waals surface area contributed by atoms with E-state index in [1.807, 2.05) is 72.8 Å². The molecular weight excluding hydrogens is 296 g/mol. The lowest BCUT2D eigenvalue weighted by molar-refractivity contribution is -0.142. The summed E-state index contributed by atoms with van der Waals surface area (Å²) in [5.74, 6) is -1.48. The fourth-order valence-electron chi connectivity index (χ4n) is 4.04. The molecule has 0 heterocycles. The van der Waals surface area contributed by atoms with Gasteiger partial charge in [-0.2, -0.15) is 0 Å². The van der Waals surface area contributed by atoms with Crippen molar-refractivity contribution in [1.82, 2.24) is 0 Å². The molecule has 0 saturated carbocycles. The minimum absolute atomic E-state index is 0.120. The van der Waals surface area contributed by atoms with Crippen LogP contribution in [0.4, 0.5) is 0 Å². The normalized spacial score (nSPS) is 22.1. The summed E-state index contributed by atoms with van der Waals surface area (Å²) in [6.07, 6.45) is 0. The molecule has 1 N–H and O–H groups in total. The lowest BCUT2D eigenvalue weighted by atomic mass is 9.80. The Bertz CT molecular complexity index is 789. The summed E-state index contributed by atoms with van der Waals surface area (Å²) in [6, 6.07) is 28.1. The molecule has 0 spiro atoms. The minimum atomic E-state index is -0.742. The molecule has 4 rings (SSSR count). The summed E-state index contributed by atoms with van der Waals surface area (Å²) in [5, 5.41) is 10.0. The SMILES string of the molecule is O=C(O)C1[C@H](c2ccccc2)c2ccccc2[C@@H]1c1ccccc1. The van der Waals surface area contributed by atoms with Crippen LogP contribution >= 0.6 is 0 Å². The van der Waals surface area contributed by atoms with Crippen molar-refractivity contribution in [3.8, 4) is 0 Å². The van der Waals surface area contributed by atoms with Gasteiger partial charge in [0.05, 0.1) is 5.92 Å². The van der Waals surface area contributed by atoms with Crippen LogP contribution in [0.3, 0.4) is 0 Å². The maximum Gasteiger partial charge on any atom is 0.308 e. The Hall–Kier alpha value is -2.87. The van der Waals surface area contributed by atoms with Gasteiger partial charge in [-0.25, -0.2) is 0 Å². The third-order valence-corrected chi connectivity index (χ3v) is 4.99. The van der Waals surface area contributed by atoms with Gasteiger partial charge in [0.1, 0.15) is 0 Å². The highest BCUT2D eigenvalue weighted by Crippen LogP contribution is 2.52. The van der Waals surface area contributed by atoms with Crippen molar-refractivity contribution < 1.29 is 9.90 Å². The van der Waals surface area contributed by atoms with E-state index in [0.29, 0.717) is 0 Å². The number of carboxylic acids is 1. The Kier molecular flexibility index (Phi) is 3.66. The minimum Gasteiger partial charge on any atom is -0.481 e. The fourth-order valence-corrected chi connectivity index (χ4v) is 4.04. The summed E-state index contributed by atoms with van der Waals surface area (Å²) < 4.78 is 0. The summed E-state index contributed by atoms with van der Waals surface area (Å²) in [7, 11) is 0. The maximum absolute atomic E-state index is 12.2. The molecule has 0 aromatic heterocycles. The number of carbonyl (C=O) groups is 1. The predicted molar refractivity (Wildman–Crippen MR) is 94.1 cm³/mol. The van der Waals surface area contributed by atoms with Gasteiger partial charge in [0.2, 0.25) is 0 Å². The molecule has 1 aliphatic carbocycles. The second-order valence-electron chi connectivity index (χ2n) is 6.27. The highest BCUT2D eigenvalue weighted by atomic mass is 16.4. The second-order valence-corrected chi connectivity index (χ2v) is 6.27. The molecule has 0 fully saturated rings. The first-order valence-corrected chi connectivity index (χ1v) is 8.19. The largest absolute Gasteiger partial charge is 0.481 e. The van der Waals surface area contributed by atoms with Crippen LogP contribution in [0, 0.1) is 5.92 Å². The van der Waals surface area contributed by atoms with Crippen molar-refractivity contribution in [2.45, 2.75) is 11.8 Å².